The van der Waals surface area contributed by atoms with E-state index >= 15 is 0 Å². The summed E-state index contributed by atoms with van der Waals surface area (Å²) in [5.41, 5.74) is 1.15. The van der Waals surface area contributed by atoms with E-state index in [0.29, 0.717) is 6.04 Å². The third-order valence-electron chi connectivity index (χ3n) is 1.75. The van der Waals surface area contributed by atoms with Crippen LogP contribution in [-0.4, -0.2) is 16.0 Å². The first kappa shape index (κ1) is 9.16. The number of pyridine rings is 1. The van der Waals surface area contributed by atoms with Crippen LogP contribution >= 0.6 is 0 Å². The minimum atomic E-state index is 0.366. The molecule has 0 aliphatic heterocycles. The van der Waals surface area contributed by atoms with Crippen LogP contribution in [0, 0.1) is 0 Å². The Balaban J connectivity index is 2.53. The average Bonchev–Trinajstić information content (AvgIpc) is 2.06. The molecule has 0 aromatic carbocycles. The molecule has 1 aromatic rings. The lowest BCUT2D eigenvalue weighted by Gasteiger charge is -2.19. The van der Waals surface area contributed by atoms with Gasteiger partial charge >= 0.3 is 0 Å². The van der Waals surface area contributed by atoms with Gasteiger partial charge in [-0.2, -0.15) is 0 Å². The number of nitrogens with zero attached hydrogens (tertiary/aromatic N) is 2. The minimum Gasteiger partial charge on any atom is -0.268 e. The zero-order chi connectivity index (χ0) is 8.97. The van der Waals surface area contributed by atoms with Crippen molar-refractivity contribution in [2.24, 2.45) is 5.84 Å². The topological polar surface area (TPSA) is 42.1 Å². The van der Waals surface area contributed by atoms with Gasteiger partial charge in [0.25, 0.3) is 0 Å². The summed E-state index contributed by atoms with van der Waals surface area (Å²) in [7, 11) is 0. The van der Waals surface area contributed by atoms with Crippen LogP contribution in [0.3, 0.4) is 0 Å². The summed E-state index contributed by atoms with van der Waals surface area (Å²) in [5, 5.41) is 1.79. The van der Waals surface area contributed by atoms with Gasteiger partial charge < -0.3 is 0 Å². The Kier molecular flexibility index (Phi) is 3.19. The molecule has 0 spiro atoms. The van der Waals surface area contributed by atoms with Crippen molar-refractivity contribution >= 4 is 0 Å². The van der Waals surface area contributed by atoms with Crippen molar-refractivity contribution in [1.82, 2.24) is 9.99 Å². The maximum absolute atomic E-state index is 5.75. The zero-order valence-electron chi connectivity index (χ0n) is 7.57. The molecule has 2 N–H and O–H groups in total. The summed E-state index contributed by atoms with van der Waals surface area (Å²) in [6.45, 7) is 4.89. The van der Waals surface area contributed by atoms with Crippen LogP contribution in [-0.2, 0) is 6.54 Å². The fourth-order valence-electron chi connectivity index (χ4n) is 0.885. The number of hydrazine groups is 1. The first-order valence-electron chi connectivity index (χ1n) is 4.10. The quantitative estimate of drug-likeness (QED) is 0.540. The highest BCUT2D eigenvalue weighted by atomic mass is 15.4. The van der Waals surface area contributed by atoms with E-state index in [2.05, 4.69) is 18.8 Å². The van der Waals surface area contributed by atoms with Gasteiger partial charge in [0.2, 0.25) is 0 Å². The summed E-state index contributed by atoms with van der Waals surface area (Å²) >= 11 is 0. The van der Waals surface area contributed by atoms with E-state index in [-0.39, 0.29) is 0 Å². The molecular formula is C9H15N3. The highest BCUT2D eigenvalue weighted by molar-refractivity contribution is 5.07. The van der Waals surface area contributed by atoms with Crippen molar-refractivity contribution < 1.29 is 0 Å². The van der Waals surface area contributed by atoms with Crippen LogP contribution in [0.1, 0.15) is 19.4 Å². The van der Waals surface area contributed by atoms with Crippen LogP contribution < -0.4 is 5.84 Å². The number of hydrogen-bond donors (Lipinski definition) is 1. The number of aromatic nitrogens is 1. The first-order chi connectivity index (χ1) is 5.70. The molecule has 0 saturated heterocycles. The molecule has 0 atom stereocenters. The Morgan fingerprint density at radius 3 is 2.83 bits per heavy atom. The highest BCUT2D eigenvalue weighted by Gasteiger charge is 2.03. The van der Waals surface area contributed by atoms with Gasteiger partial charge in [0.05, 0.1) is 0 Å². The Hall–Kier alpha value is -0.930. The van der Waals surface area contributed by atoms with Gasteiger partial charge in [0.15, 0.2) is 0 Å². The summed E-state index contributed by atoms with van der Waals surface area (Å²) < 4.78 is 0. The second kappa shape index (κ2) is 4.18. The minimum absolute atomic E-state index is 0.366. The van der Waals surface area contributed by atoms with Crippen molar-refractivity contribution in [2.75, 3.05) is 0 Å². The van der Waals surface area contributed by atoms with Gasteiger partial charge in [-0.3, -0.25) is 10.8 Å². The maximum atomic E-state index is 5.75. The van der Waals surface area contributed by atoms with Crippen molar-refractivity contribution in [1.29, 1.82) is 0 Å². The monoisotopic (exact) mass is 165 g/mol. The molecule has 1 heterocycles. The molecule has 0 saturated carbocycles. The molecule has 12 heavy (non-hydrogen) atoms. The van der Waals surface area contributed by atoms with Crippen LogP contribution in [0.5, 0.6) is 0 Å². The molecule has 0 aliphatic rings. The highest BCUT2D eigenvalue weighted by Crippen LogP contribution is 2.01. The standard InChI is InChI=1S/C9H15N3/c1-8(2)12(10)7-9-4-3-5-11-6-9/h3-6,8H,7,10H2,1-2H3. The van der Waals surface area contributed by atoms with Gasteiger partial charge in [-0.05, 0) is 25.5 Å². The van der Waals surface area contributed by atoms with Crippen LogP contribution in [0.2, 0.25) is 0 Å². The Labute approximate surface area is 73.2 Å². The third-order valence-corrected chi connectivity index (χ3v) is 1.75. The fraction of sp³-hybridized carbons (Fsp3) is 0.444. The molecular weight excluding hydrogens is 150 g/mol. The number of nitrogens with two attached hydrogens (primary N) is 1. The average molecular weight is 165 g/mol. The largest absolute Gasteiger partial charge is 0.268 e. The number of rotatable bonds is 3. The van der Waals surface area contributed by atoms with Gasteiger partial charge in [-0.25, -0.2) is 5.01 Å². The first-order valence-corrected chi connectivity index (χ1v) is 4.10. The fourth-order valence-corrected chi connectivity index (χ4v) is 0.885. The van der Waals surface area contributed by atoms with Crippen molar-refractivity contribution in [3.05, 3.63) is 30.1 Å². The van der Waals surface area contributed by atoms with Crippen molar-refractivity contribution in [3.8, 4) is 0 Å². The molecule has 3 nitrogen and oxygen atoms in total. The lowest BCUT2D eigenvalue weighted by Crippen LogP contribution is -2.36. The van der Waals surface area contributed by atoms with E-state index in [9.17, 15) is 0 Å². The zero-order valence-corrected chi connectivity index (χ0v) is 7.57. The molecule has 3 heteroatoms. The maximum Gasteiger partial charge on any atom is 0.0397 e. The second-order valence-corrected chi connectivity index (χ2v) is 3.13. The predicted octanol–water partition coefficient (Wildman–Crippen LogP) is 1.17. The predicted molar refractivity (Wildman–Crippen MR) is 49.1 cm³/mol. The van der Waals surface area contributed by atoms with Crippen LogP contribution in [0.15, 0.2) is 24.5 Å². The normalized spacial score (nSPS) is 11.1. The third kappa shape index (κ3) is 2.60. The summed E-state index contributed by atoms with van der Waals surface area (Å²) in [4.78, 5) is 4.01. The molecule has 0 bridgehead atoms. The molecule has 0 fully saturated rings. The van der Waals surface area contributed by atoms with E-state index in [4.69, 9.17) is 5.84 Å². The lowest BCUT2D eigenvalue weighted by molar-refractivity contribution is 0.218. The molecule has 0 radical (unpaired) electrons. The smallest absolute Gasteiger partial charge is 0.0397 e. The second-order valence-electron chi connectivity index (χ2n) is 3.13. The van der Waals surface area contributed by atoms with E-state index < -0.39 is 0 Å². The molecule has 0 aliphatic carbocycles. The van der Waals surface area contributed by atoms with E-state index in [0.717, 1.165) is 12.1 Å². The van der Waals surface area contributed by atoms with Gasteiger partial charge in [0.1, 0.15) is 0 Å². The van der Waals surface area contributed by atoms with Gasteiger partial charge in [0, 0.05) is 25.0 Å². The van der Waals surface area contributed by atoms with Crippen molar-refractivity contribution in [3.63, 3.8) is 0 Å². The van der Waals surface area contributed by atoms with Crippen molar-refractivity contribution in [2.45, 2.75) is 26.4 Å². The summed E-state index contributed by atoms with van der Waals surface area (Å²) in [5.74, 6) is 5.75. The molecule has 66 valence electrons. The number of hydrogen-bond acceptors (Lipinski definition) is 3. The van der Waals surface area contributed by atoms with Gasteiger partial charge in [-0.1, -0.05) is 6.07 Å². The Morgan fingerprint density at radius 1 is 1.58 bits per heavy atom. The van der Waals surface area contributed by atoms with E-state index in [1.807, 2.05) is 18.3 Å². The summed E-state index contributed by atoms with van der Waals surface area (Å²) in [6.07, 6.45) is 3.60. The van der Waals surface area contributed by atoms with E-state index in [1.165, 1.54) is 0 Å². The molecule has 0 unspecified atom stereocenters. The van der Waals surface area contributed by atoms with E-state index in [1.54, 1.807) is 11.2 Å². The SMILES string of the molecule is CC(C)N(N)Cc1cccnc1. The molecule has 0 amide bonds. The molecule has 1 rings (SSSR count). The summed E-state index contributed by atoms with van der Waals surface area (Å²) in [6, 6.07) is 4.31. The Morgan fingerprint density at radius 2 is 2.33 bits per heavy atom. The Bertz CT molecular complexity index is 220. The van der Waals surface area contributed by atoms with Crippen LogP contribution in [0.4, 0.5) is 0 Å². The lowest BCUT2D eigenvalue weighted by atomic mass is 10.2. The van der Waals surface area contributed by atoms with Crippen LogP contribution in [0.25, 0.3) is 0 Å². The van der Waals surface area contributed by atoms with Gasteiger partial charge in [-0.15, -0.1) is 0 Å². The molecule has 1 aromatic heterocycles.